The van der Waals surface area contributed by atoms with E-state index in [9.17, 15) is 27.9 Å². The van der Waals surface area contributed by atoms with Crippen LogP contribution in [0.3, 0.4) is 0 Å². The Morgan fingerprint density at radius 3 is 2.52 bits per heavy atom. The average Bonchev–Trinajstić information content (AvgIpc) is 2.50. The molecule has 1 amide bonds. The first kappa shape index (κ1) is 17.2. The summed E-state index contributed by atoms with van der Waals surface area (Å²) in [6.45, 7) is -0.0800. The third kappa shape index (κ3) is 4.42. The maximum Gasteiger partial charge on any atom is 0.471 e. The van der Waals surface area contributed by atoms with E-state index in [1.54, 1.807) is 23.5 Å². The molecule has 0 unspecified atom stereocenters. The van der Waals surface area contributed by atoms with Crippen LogP contribution in [0.1, 0.15) is 16.8 Å². The number of halogens is 3. The van der Waals surface area contributed by atoms with Crippen LogP contribution in [0.5, 0.6) is 0 Å². The fourth-order valence-electron chi connectivity index (χ4n) is 2.08. The van der Waals surface area contributed by atoms with E-state index < -0.39 is 36.5 Å². The molecule has 1 heterocycles. The van der Waals surface area contributed by atoms with Gasteiger partial charge in [0.15, 0.2) is 12.4 Å². The highest BCUT2D eigenvalue weighted by atomic mass is 19.4. The van der Waals surface area contributed by atoms with Crippen molar-refractivity contribution < 1.29 is 37.3 Å². The Morgan fingerprint density at radius 2 is 1.91 bits per heavy atom. The first-order valence-corrected chi connectivity index (χ1v) is 6.72. The Morgan fingerprint density at radius 1 is 1.26 bits per heavy atom. The lowest BCUT2D eigenvalue weighted by molar-refractivity contribution is -0.202. The van der Waals surface area contributed by atoms with Gasteiger partial charge in [-0.15, -0.1) is 0 Å². The molecular weight excluding hydrogens is 319 g/mol. The lowest BCUT2D eigenvalue weighted by Gasteiger charge is -2.35. The third-order valence-electron chi connectivity index (χ3n) is 3.22. The van der Waals surface area contributed by atoms with Crippen LogP contribution in [-0.4, -0.2) is 48.2 Å². The van der Waals surface area contributed by atoms with Crippen molar-refractivity contribution in [3.63, 3.8) is 0 Å². The van der Waals surface area contributed by atoms with Gasteiger partial charge in [-0.1, -0.05) is 18.2 Å². The molecule has 23 heavy (non-hydrogen) atoms. The van der Waals surface area contributed by atoms with Gasteiger partial charge in [0.1, 0.15) is 0 Å². The van der Waals surface area contributed by atoms with Crippen LogP contribution in [-0.2, 0) is 14.3 Å². The van der Waals surface area contributed by atoms with Crippen molar-refractivity contribution >= 4 is 11.9 Å². The lowest BCUT2D eigenvalue weighted by atomic mass is 10.0. The number of rotatable bonds is 3. The summed E-state index contributed by atoms with van der Waals surface area (Å²) in [6, 6.07) is 6.51. The van der Waals surface area contributed by atoms with Crippen LogP contribution in [0, 0.1) is 0 Å². The number of ether oxygens (including phenoxy) is 2. The fourth-order valence-corrected chi connectivity index (χ4v) is 2.08. The molecule has 0 radical (unpaired) electrons. The van der Waals surface area contributed by atoms with Gasteiger partial charge < -0.3 is 19.9 Å². The van der Waals surface area contributed by atoms with Crippen molar-refractivity contribution in [3.05, 3.63) is 35.9 Å². The highest BCUT2D eigenvalue weighted by Gasteiger charge is 2.44. The highest BCUT2D eigenvalue weighted by molar-refractivity contribution is 5.89. The Balaban J connectivity index is 2.09. The number of nitrogens with one attached hydrogen (secondary N) is 1. The molecule has 126 valence electrons. The van der Waals surface area contributed by atoms with Crippen molar-refractivity contribution in [2.45, 2.75) is 31.0 Å². The molecule has 0 saturated carbocycles. The number of carbonyl (C=O) groups is 2. The van der Waals surface area contributed by atoms with Gasteiger partial charge in [0, 0.05) is 0 Å². The minimum absolute atomic E-state index is 0.0361. The molecule has 2 N–H and O–H groups in total. The number of aliphatic hydroxyl groups is 1. The van der Waals surface area contributed by atoms with Crippen LogP contribution in [0.2, 0.25) is 0 Å². The van der Waals surface area contributed by atoms with Gasteiger partial charge in [0.2, 0.25) is 0 Å². The van der Waals surface area contributed by atoms with E-state index in [4.69, 9.17) is 9.47 Å². The predicted octanol–water partition coefficient (Wildman–Crippen LogP) is 0.998. The zero-order chi connectivity index (χ0) is 17.0. The largest absolute Gasteiger partial charge is 0.471 e. The van der Waals surface area contributed by atoms with E-state index in [1.807, 2.05) is 0 Å². The Labute approximate surface area is 129 Å². The summed E-state index contributed by atoms with van der Waals surface area (Å²) < 4.78 is 46.9. The van der Waals surface area contributed by atoms with Crippen LogP contribution in [0.4, 0.5) is 13.2 Å². The van der Waals surface area contributed by atoms with E-state index in [0.29, 0.717) is 0 Å². The molecule has 1 fully saturated rings. The summed E-state index contributed by atoms with van der Waals surface area (Å²) in [4.78, 5) is 23.0. The van der Waals surface area contributed by atoms with Crippen molar-refractivity contribution in [1.82, 2.24) is 5.32 Å². The van der Waals surface area contributed by atoms with Crippen LogP contribution >= 0.6 is 0 Å². The maximum atomic E-state index is 12.3. The number of carbonyl (C=O) groups excluding carboxylic acids is 2. The number of hydrogen-bond acceptors (Lipinski definition) is 5. The zero-order valence-electron chi connectivity index (χ0n) is 11.7. The molecule has 6 nitrogen and oxygen atoms in total. The topological polar surface area (TPSA) is 84.9 Å². The minimum atomic E-state index is -5.07. The minimum Gasteiger partial charge on any atom is -0.451 e. The van der Waals surface area contributed by atoms with Crippen molar-refractivity contribution in [3.8, 4) is 0 Å². The van der Waals surface area contributed by atoms with Gasteiger partial charge in [0.25, 0.3) is 0 Å². The summed E-state index contributed by atoms with van der Waals surface area (Å²) in [5, 5.41) is 11.4. The molecule has 1 saturated heterocycles. The number of hydrogen-bond donors (Lipinski definition) is 2. The van der Waals surface area contributed by atoms with Gasteiger partial charge in [-0.2, -0.15) is 13.2 Å². The van der Waals surface area contributed by atoms with Crippen molar-refractivity contribution in [1.29, 1.82) is 0 Å². The number of esters is 1. The van der Waals surface area contributed by atoms with Crippen LogP contribution in [0.15, 0.2) is 30.3 Å². The van der Waals surface area contributed by atoms with Gasteiger partial charge in [-0.3, -0.25) is 4.79 Å². The van der Waals surface area contributed by atoms with E-state index in [0.717, 1.165) is 0 Å². The molecule has 2 rings (SSSR count). The highest BCUT2D eigenvalue weighted by Crippen LogP contribution is 2.21. The smallest absolute Gasteiger partial charge is 0.451 e. The van der Waals surface area contributed by atoms with Crippen LogP contribution < -0.4 is 5.32 Å². The quantitative estimate of drug-likeness (QED) is 0.806. The molecular formula is C14H14F3NO5. The summed E-state index contributed by atoms with van der Waals surface area (Å²) in [5.41, 5.74) is 0.158. The standard InChI is InChI=1S/C14H14F3NO5/c15-14(16,17)13(21)18-9-6-7-22-12(20)10(9)23-11(19)8-4-2-1-3-5-8/h1-5,9-10,12,20H,6-7H2,(H,18,21)/t9-,10-,12-/m1/s1. The molecule has 0 aliphatic carbocycles. The molecule has 1 aromatic carbocycles. The first-order chi connectivity index (χ1) is 10.8. The summed E-state index contributed by atoms with van der Waals surface area (Å²) in [7, 11) is 0. The normalized spacial score (nSPS) is 24.8. The molecule has 1 aromatic rings. The molecule has 1 aliphatic heterocycles. The fraction of sp³-hybridized carbons (Fsp3) is 0.429. The number of amides is 1. The second-order valence-electron chi connectivity index (χ2n) is 4.86. The molecule has 0 aromatic heterocycles. The van der Waals surface area contributed by atoms with E-state index >= 15 is 0 Å². The van der Waals surface area contributed by atoms with Crippen molar-refractivity contribution in [2.75, 3.05) is 6.61 Å². The third-order valence-corrected chi connectivity index (χ3v) is 3.22. The predicted molar refractivity (Wildman–Crippen MR) is 70.2 cm³/mol. The molecule has 9 heteroatoms. The number of alkyl halides is 3. The maximum absolute atomic E-state index is 12.3. The van der Waals surface area contributed by atoms with E-state index in [-0.39, 0.29) is 18.6 Å². The molecule has 0 bridgehead atoms. The Bertz CT molecular complexity index is 563. The molecule has 3 atom stereocenters. The second-order valence-corrected chi connectivity index (χ2v) is 4.86. The monoisotopic (exact) mass is 333 g/mol. The van der Waals surface area contributed by atoms with E-state index in [2.05, 4.69) is 0 Å². The van der Waals surface area contributed by atoms with Gasteiger partial charge in [0.05, 0.1) is 18.2 Å². The summed E-state index contributed by atoms with van der Waals surface area (Å²) in [6.07, 6.45) is -8.18. The van der Waals surface area contributed by atoms with Gasteiger partial charge in [-0.25, -0.2) is 4.79 Å². The van der Waals surface area contributed by atoms with E-state index in [1.165, 1.54) is 12.1 Å². The number of aliphatic hydroxyl groups excluding tert-OH is 1. The van der Waals surface area contributed by atoms with Crippen molar-refractivity contribution in [2.24, 2.45) is 0 Å². The Kier molecular flexibility index (Phi) is 5.22. The van der Waals surface area contributed by atoms with Gasteiger partial charge >= 0.3 is 18.1 Å². The lowest BCUT2D eigenvalue weighted by Crippen LogP contribution is -2.57. The molecule has 1 aliphatic rings. The number of benzene rings is 1. The van der Waals surface area contributed by atoms with Gasteiger partial charge in [-0.05, 0) is 18.6 Å². The Hall–Kier alpha value is -2.13. The summed E-state index contributed by atoms with van der Waals surface area (Å²) in [5.74, 6) is -3.01. The average molecular weight is 333 g/mol. The van der Waals surface area contributed by atoms with Crippen LogP contribution in [0.25, 0.3) is 0 Å². The SMILES string of the molecule is O=C(O[C@H]1[C@H](O)OCC[C@H]1NC(=O)C(F)(F)F)c1ccccc1. The second kappa shape index (κ2) is 6.97. The molecule has 0 spiro atoms. The first-order valence-electron chi connectivity index (χ1n) is 6.72. The summed E-state index contributed by atoms with van der Waals surface area (Å²) >= 11 is 0. The zero-order valence-corrected chi connectivity index (χ0v) is 11.7.